The highest BCUT2D eigenvalue weighted by Crippen LogP contribution is 2.19. The summed E-state index contributed by atoms with van der Waals surface area (Å²) >= 11 is 0. The van der Waals surface area contributed by atoms with E-state index in [2.05, 4.69) is 21.0 Å². The average Bonchev–Trinajstić information content (AvgIpc) is 3.42. The van der Waals surface area contributed by atoms with Crippen LogP contribution in [0.25, 0.3) is 5.69 Å². The molecule has 2 aromatic carbocycles. The third kappa shape index (κ3) is 5.37. The molecule has 1 saturated heterocycles. The van der Waals surface area contributed by atoms with Gasteiger partial charge in [-0.25, -0.2) is 9.48 Å². The third-order valence-corrected chi connectivity index (χ3v) is 5.65. The van der Waals surface area contributed by atoms with Crippen LogP contribution in [-0.2, 0) is 16.0 Å². The fourth-order valence-corrected chi connectivity index (χ4v) is 3.77. The van der Waals surface area contributed by atoms with Gasteiger partial charge in [-0.2, -0.15) is 5.10 Å². The van der Waals surface area contributed by atoms with E-state index in [0.29, 0.717) is 23.4 Å². The summed E-state index contributed by atoms with van der Waals surface area (Å²) in [7, 11) is 0. The van der Waals surface area contributed by atoms with Crippen LogP contribution in [0.5, 0.6) is 0 Å². The SMILES string of the molecule is CCc1c(C(=O)Nc2ccc(NC(=O)CCN3C(=O)CNC3=O)cc2)cnn1-c1ccc(C)cc1. The van der Waals surface area contributed by atoms with Crippen molar-refractivity contribution < 1.29 is 19.2 Å². The predicted octanol–water partition coefficient (Wildman–Crippen LogP) is 2.88. The predicted molar refractivity (Wildman–Crippen MR) is 130 cm³/mol. The summed E-state index contributed by atoms with van der Waals surface area (Å²) in [6.07, 6.45) is 2.18. The fraction of sp³-hybridized carbons (Fsp3) is 0.240. The van der Waals surface area contributed by atoms with E-state index in [1.165, 1.54) is 0 Å². The fourth-order valence-electron chi connectivity index (χ4n) is 3.77. The van der Waals surface area contributed by atoms with Gasteiger partial charge >= 0.3 is 6.03 Å². The van der Waals surface area contributed by atoms with Crippen molar-refractivity contribution in [1.82, 2.24) is 20.0 Å². The van der Waals surface area contributed by atoms with E-state index in [4.69, 9.17) is 0 Å². The summed E-state index contributed by atoms with van der Waals surface area (Å²) in [6.45, 7) is 3.96. The Morgan fingerprint density at radius 2 is 1.66 bits per heavy atom. The molecule has 0 saturated carbocycles. The minimum atomic E-state index is -0.487. The Bertz CT molecular complexity index is 1250. The molecule has 3 N–H and O–H groups in total. The van der Waals surface area contributed by atoms with Crippen molar-refractivity contribution in [3.05, 3.63) is 71.5 Å². The van der Waals surface area contributed by atoms with Gasteiger partial charge in [-0.3, -0.25) is 19.3 Å². The van der Waals surface area contributed by atoms with Crippen LogP contribution in [-0.4, -0.2) is 51.5 Å². The molecule has 0 atom stereocenters. The highest BCUT2D eigenvalue weighted by molar-refractivity contribution is 6.05. The van der Waals surface area contributed by atoms with Crippen LogP contribution in [0.1, 0.15) is 35.0 Å². The van der Waals surface area contributed by atoms with Crippen molar-refractivity contribution in [3.63, 3.8) is 0 Å². The average molecular weight is 475 g/mol. The molecule has 1 fully saturated rings. The highest BCUT2D eigenvalue weighted by Gasteiger charge is 2.28. The zero-order chi connectivity index (χ0) is 24.9. The first-order chi connectivity index (χ1) is 16.9. The molecule has 4 rings (SSSR count). The Kier molecular flexibility index (Phi) is 6.91. The molecule has 0 bridgehead atoms. The molecule has 0 unspecified atom stereocenters. The zero-order valence-electron chi connectivity index (χ0n) is 19.5. The molecule has 10 heteroatoms. The maximum atomic E-state index is 12.9. The van der Waals surface area contributed by atoms with Crippen LogP contribution in [0.2, 0.25) is 0 Å². The first kappa shape index (κ1) is 23.7. The molecule has 1 aromatic heterocycles. The van der Waals surface area contributed by atoms with Gasteiger partial charge in [-0.1, -0.05) is 24.6 Å². The standard InChI is InChI=1S/C25H26N6O4/c1-3-21-20(14-27-31(21)19-10-4-16(2)5-11-19)24(34)29-18-8-6-17(7-9-18)28-22(32)12-13-30-23(33)15-26-25(30)35/h4-11,14H,3,12-13,15H2,1-2H3,(H,26,35)(H,28,32)(H,29,34). The molecule has 1 aliphatic heterocycles. The van der Waals surface area contributed by atoms with Gasteiger partial charge < -0.3 is 16.0 Å². The number of hydrogen-bond acceptors (Lipinski definition) is 5. The van der Waals surface area contributed by atoms with Crippen LogP contribution in [0.4, 0.5) is 16.2 Å². The van der Waals surface area contributed by atoms with Crippen molar-refractivity contribution >= 4 is 35.1 Å². The van der Waals surface area contributed by atoms with Gasteiger partial charge in [0.1, 0.15) is 0 Å². The number of benzene rings is 2. The molecule has 0 radical (unpaired) electrons. The largest absolute Gasteiger partial charge is 0.329 e. The number of nitrogens with one attached hydrogen (secondary N) is 3. The Hall–Kier alpha value is -4.47. The number of anilines is 2. The van der Waals surface area contributed by atoms with Crippen LogP contribution < -0.4 is 16.0 Å². The zero-order valence-corrected chi connectivity index (χ0v) is 19.5. The summed E-state index contributed by atoms with van der Waals surface area (Å²) in [5.74, 6) is -0.950. The smallest absolute Gasteiger partial charge is 0.324 e. The highest BCUT2D eigenvalue weighted by atomic mass is 16.2. The Labute approximate surface area is 202 Å². The lowest BCUT2D eigenvalue weighted by Crippen LogP contribution is -2.33. The number of aryl methyl sites for hydroxylation is 1. The lowest BCUT2D eigenvalue weighted by atomic mass is 10.1. The summed E-state index contributed by atoms with van der Waals surface area (Å²) < 4.78 is 1.77. The Morgan fingerprint density at radius 1 is 1.00 bits per heavy atom. The number of imide groups is 1. The van der Waals surface area contributed by atoms with Crippen molar-refractivity contribution in [1.29, 1.82) is 0 Å². The van der Waals surface area contributed by atoms with Crippen molar-refractivity contribution in [3.8, 4) is 5.69 Å². The molecular weight excluding hydrogens is 448 g/mol. The topological polar surface area (TPSA) is 125 Å². The molecule has 180 valence electrons. The Morgan fingerprint density at radius 3 is 2.26 bits per heavy atom. The summed E-state index contributed by atoms with van der Waals surface area (Å²) in [5, 5.41) is 12.4. The van der Waals surface area contributed by atoms with Crippen LogP contribution in [0.3, 0.4) is 0 Å². The number of rotatable bonds is 8. The number of urea groups is 1. The van der Waals surface area contributed by atoms with Gasteiger partial charge in [-0.15, -0.1) is 0 Å². The molecule has 0 spiro atoms. The van der Waals surface area contributed by atoms with Gasteiger partial charge in [0.05, 0.1) is 29.7 Å². The van der Waals surface area contributed by atoms with Crippen molar-refractivity contribution in [2.45, 2.75) is 26.7 Å². The molecule has 5 amide bonds. The normalized spacial score (nSPS) is 13.0. The minimum absolute atomic E-state index is 0.0115. The molecule has 1 aliphatic rings. The number of aromatic nitrogens is 2. The Balaban J connectivity index is 1.36. The maximum absolute atomic E-state index is 12.9. The molecule has 35 heavy (non-hydrogen) atoms. The van der Waals surface area contributed by atoms with Crippen LogP contribution in [0, 0.1) is 6.92 Å². The first-order valence-electron chi connectivity index (χ1n) is 11.3. The lowest BCUT2D eigenvalue weighted by Gasteiger charge is -2.12. The van der Waals surface area contributed by atoms with E-state index in [-0.39, 0.29) is 37.2 Å². The quantitative estimate of drug-likeness (QED) is 0.433. The second kappa shape index (κ2) is 10.2. The molecular formula is C25H26N6O4. The number of nitrogens with zero attached hydrogens (tertiary/aromatic N) is 3. The monoisotopic (exact) mass is 474 g/mol. The van der Waals surface area contributed by atoms with Gasteiger partial charge in [0.15, 0.2) is 0 Å². The number of carbonyl (C=O) groups excluding carboxylic acids is 4. The summed E-state index contributed by atoms with van der Waals surface area (Å²) in [6, 6.07) is 14.1. The van der Waals surface area contributed by atoms with E-state index in [0.717, 1.165) is 21.8 Å². The van der Waals surface area contributed by atoms with E-state index < -0.39 is 6.03 Å². The molecule has 10 nitrogen and oxygen atoms in total. The lowest BCUT2D eigenvalue weighted by molar-refractivity contribution is -0.125. The van der Waals surface area contributed by atoms with Crippen molar-refractivity contribution in [2.75, 3.05) is 23.7 Å². The van der Waals surface area contributed by atoms with Gasteiger partial charge in [-0.05, 0) is 49.7 Å². The number of amides is 5. The number of hydrogen-bond donors (Lipinski definition) is 3. The van der Waals surface area contributed by atoms with Crippen LogP contribution >= 0.6 is 0 Å². The molecule has 3 aromatic rings. The summed E-state index contributed by atoms with van der Waals surface area (Å²) in [4.78, 5) is 49.2. The third-order valence-electron chi connectivity index (χ3n) is 5.65. The maximum Gasteiger partial charge on any atom is 0.324 e. The van der Waals surface area contributed by atoms with Gasteiger partial charge in [0.2, 0.25) is 11.8 Å². The molecule has 0 aliphatic carbocycles. The van der Waals surface area contributed by atoms with E-state index in [1.807, 2.05) is 38.1 Å². The second-order valence-electron chi connectivity index (χ2n) is 8.14. The van der Waals surface area contributed by atoms with Crippen LogP contribution in [0.15, 0.2) is 54.7 Å². The van der Waals surface area contributed by atoms with E-state index in [9.17, 15) is 19.2 Å². The van der Waals surface area contributed by atoms with Crippen molar-refractivity contribution in [2.24, 2.45) is 0 Å². The van der Waals surface area contributed by atoms with Gasteiger partial charge in [0, 0.05) is 24.3 Å². The summed E-state index contributed by atoms with van der Waals surface area (Å²) in [5.41, 5.74) is 4.43. The van der Waals surface area contributed by atoms with Gasteiger partial charge in [0.25, 0.3) is 5.91 Å². The number of carbonyl (C=O) groups is 4. The first-order valence-corrected chi connectivity index (χ1v) is 11.3. The minimum Gasteiger partial charge on any atom is -0.329 e. The second-order valence-corrected chi connectivity index (χ2v) is 8.14. The molecule has 2 heterocycles. The van der Waals surface area contributed by atoms with E-state index >= 15 is 0 Å². The van der Waals surface area contributed by atoms with E-state index in [1.54, 1.807) is 35.1 Å².